The number of benzene rings is 4. The van der Waals surface area contributed by atoms with Crippen molar-refractivity contribution < 1.29 is 9.47 Å². The lowest BCUT2D eigenvalue weighted by molar-refractivity contribution is -0.0284. The van der Waals surface area contributed by atoms with Crippen LogP contribution in [0.4, 0.5) is 0 Å². The molecule has 4 heteroatoms. The number of hydrogen-bond acceptors (Lipinski definition) is 2. The van der Waals surface area contributed by atoms with E-state index in [4.69, 9.17) is 32.7 Å². The van der Waals surface area contributed by atoms with Crippen LogP contribution >= 0.6 is 23.2 Å². The molecule has 0 bridgehead atoms. The lowest BCUT2D eigenvalue weighted by Gasteiger charge is -2.36. The fourth-order valence-corrected chi connectivity index (χ4v) is 4.63. The molecule has 0 saturated heterocycles. The molecule has 1 spiro atoms. The zero-order valence-electron chi connectivity index (χ0n) is 15.2. The van der Waals surface area contributed by atoms with Crippen molar-refractivity contribution in [3.05, 3.63) is 94.0 Å². The maximum atomic E-state index is 6.48. The number of ether oxygens (including phenoxy) is 2. The summed E-state index contributed by atoms with van der Waals surface area (Å²) in [6.45, 7) is 0. The Bertz CT molecular complexity index is 1280. The van der Waals surface area contributed by atoms with Crippen LogP contribution in [0, 0.1) is 0 Å². The molecular weight excluding hydrogens is 403 g/mol. The Labute approximate surface area is 177 Å². The van der Waals surface area contributed by atoms with Crippen molar-refractivity contribution in [1.82, 2.24) is 0 Å². The smallest absolute Gasteiger partial charge is 0.291 e. The lowest BCUT2D eigenvalue weighted by Crippen LogP contribution is -2.41. The molecule has 0 aromatic heterocycles. The first kappa shape index (κ1) is 17.0. The predicted octanol–water partition coefficient (Wildman–Crippen LogP) is 7.51. The lowest BCUT2D eigenvalue weighted by atomic mass is 9.98. The largest absolute Gasteiger partial charge is 0.444 e. The predicted molar refractivity (Wildman–Crippen MR) is 120 cm³/mol. The second-order valence-corrected chi connectivity index (χ2v) is 8.05. The first-order chi connectivity index (χ1) is 14.1. The highest BCUT2D eigenvalue weighted by molar-refractivity contribution is 6.36. The highest BCUT2D eigenvalue weighted by atomic mass is 35.5. The van der Waals surface area contributed by atoms with E-state index in [2.05, 4.69) is 0 Å². The van der Waals surface area contributed by atoms with Crippen LogP contribution in [-0.4, -0.2) is 5.79 Å². The maximum absolute atomic E-state index is 6.48. The topological polar surface area (TPSA) is 18.5 Å². The quantitative estimate of drug-likeness (QED) is 0.295. The van der Waals surface area contributed by atoms with Gasteiger partial charge in [-0.3, -0.25) is 0 Å². The molecule has 0 atom stereocenters. The summed E-state index contributed by atoms with van der Waals surface area (Å²) in [6.07, 6.45) is 7.85. The van der Waals surface area contributed by atoms with Gasteiger partial charge in [0.15, 0.2) is 0 Å². The third-order valence-electron chi connectivity index (χ3n) is 5.46. The zero-order chi connectivity index (χ0) is 19.6. The summed E-state index contributed by atoms with van der Waals surface area (Å²) in [5.41, 5.74) is 1.87. The molecule has 29 heavy (non-hydrogen) atoms. The first-order valence-electron chi connectivity index (χ1n) is 9.33. The molecule has 2 heterocycles. The summed E-state index contributed by atoms with van der Waals surface area (Å²) in [4.78, 5) is 0. The van der Waals surface area contributed by atoms with Crippen LogP contribution < -0.4 is 9.47 Å². The molecule has 6 rings (SSSR count). The summed E-state index contributed by atoms with van der Waals surface area (Å²) >= 11 is 12.9. The Morgan fingerprint density at radius 3 is 1.45 bits per heavy atom. The van der Waals surface area contributed by atoms with Crippen molar-refractivity contribution in [2.45, 2.75) is 5.79 Å². The van der Waals surface area contributed by atoms with E-state index < -0.39 is 5.79 Å². The Balaban J connectivity index is 1.53. The Kier molecular flexibility index (Phi) is 3.53. The van der Waals surface area contributed by atoms with E-state index in [1.165, 1.54) is 0 Å². The molecule has 0 radical (unpaired) electrons. The van der Waals surface area contributed by atoms with Gasteiger partial charge < -0.3 is 9.47 Å². The zero-order valence-corrected chi connectivity index (χ0v) is 16.7. The maximum Gasteiger partial charge on any atom is 0.291 e. The van der Waals surface area contributed by atoms with E-state index >= 15 is 0 Å². The van der Waals surface area contributed by atoms with Gasteiger partial charge in [-0.05, 0) is 24.3 Å². The minimum atomic E-state index is -1.02. The Hall–Kier alpha value is -2.94. The van der Waals surface area contributed by atoms with Gasteiger partial charge in [0.25, 0.3) is 5.79 Å². The van der Waals surface area contributed by atoms with Crippen LogP contribution in [0.25, 0.3) is 33.7 Å². The summed E-state index contributed by atoms with van der Waals surface area (Å²) < 4.78 is 13.0. The molecule has 0 N–H and O–H groups in total. The minimum absolute atomic E-state index is 0.703. The molecule has 2 aliphatic heterocycles. The number of halogens is 2. The van der Waals surface area contributed by atoms with Gasteiger partial charge in [-0.1, -0.05) is 71.7 Å². The highest BCUT2D eigenvalue weighted by Crippen LogP contribution is 2.46. The summed E-state index contributed by atoms with van der Waals surface area (Å²) in [5.74, 6) is 0.505. The SMILES string of the molecule is Clc1cc2c(c3ccccc13)OC1(C=C2)C=Cc2cc(Cl)c3ccccc3c2O1. The van der Waals surface area contributed by atoms with E-state index in [-0.39, 0.29) is 0 Å². The van der Waals surface area contributed by atoms with Gasteiger partial charge in [0.05, 0.1) is 0 Å². The summed E-state index contributed by atoms with van der Waals surface area (Å²) in [5, 5.41) is 5.24. The second kappa shape index (κ2) is 6.03. The van der Waals surface area contributed by atoms with Gasteiger partial charge >= 0.3 is 0 Å². The van der Waals surface area contributed by atoms with Crippen molar-refractivity contribution >= 4 is 56.9 Å². The van der Waals surface area contributed by atoms with Gasteiger partial charge in [-0.2, -0.15) is 0 Å². The van der Waals surface area contributed by atoms with Crippen LogP contribution in [-0.2, 0) is 0 Å². The van der Waals surface area contributed by atoms with E-state index in [0.717, 1.165) is 44.2 Å². The average molecular weight is 417 g/mol. The Morgan fingerprint density at radius 1 is 0.586 bits per heavy atom. The third-order valence-corrected chi connectivity index (χ3v) is 6.09. The van der Waals surface area contributed by atoms with Crippen LogP contribution in [0.2, 0.25) is 10.0 Å². The molecule has 0 fully saturated rings. The van der Waals surface area contributed by atoms with E-state index in [1.807, 2.05) is 85.0 Å². The van der Waals surface area contributed by atoms with Crippen molar-refractivity contribution in [3.8, 4) is 11.5 Å². The van der Waals surface area contributed by atoms with Crippen LogP contribution in [0.15, 0.2) is 72.8 Å². The molecule has 2 aliphatic rings. The second-order valence-electron chi connectivity index (χ2n) is 7.24. The fraction of sp³-hybridized carbons (Fsp3) is 0.0400. The molecule has 0 amide bonds. The first-order valence-corrected chi connectivity index (χ1v) is 10.1. The average Bonchev–Trinajstić information content (AvgIpc) is 2.76. The van der Waals surface area contributed by atoms with Gasteiger partial charge in [0, 0.05) is 54.9 Å². The summed E-state index contributed by atoms with van der Waals surface area (Å²) in [6, 6.07) is 19.8. The molecule has 4 aromatic carbocycles. The van der Waals surface area contributed by atoms with Crippen LogP contribution in [0.1, 0.15) is 11.1 Å². The van der Waals surface area contributed by atoms with Crippen molar-refractivity contribution in [2.24, 2.45) is 0 Å². The minimum Gasteiger partial charge on any atom is -0.444 e. The Morgan fingerprint density at radius 2 is 1.00 bits per heavy atom. The molecule has 0 aliphatic carbocycles. The van der Waals surface area contributed by atoms with Crippen LogP contribution in [0.5, 0.6) is 11.5 Å². The molecule has 0 unspecified atom stereocenters. The normalized spacial score (nSPS) is 15.8. The molecule has 4 aromatic rings. The molecular formula is C25H14Cl2O2. The van der Waals surface area contributed by atoms with E-state index in [0.29, 0.717) is 10.0 Å². The van der Waals surface area contributed by atoms with Gasteiger partial charge in [-0.25, -0.2) is 0 Å². The highest BCUT2D eigenvalue weighted by Gasteiger charge is 2.37. The van der Waals surface area contributed by atoms with E-state index in [9.17, 15) is 0 Å². The summed E-state index contributed by atoms with van der Waals surface area (Å²) in [7, 11) is 0. The van der Waals surface area contributed by atoms with Gasteiger partial charge in [0.2, 0.25) is 0 Å². The molecule has 0 saturated carbocycles. The van der Waals surface area contributed by atoms with Gasteiger partial charge in [0.1, 0.15) is 11.5 Å². The fourth-order valence-electron chi connectivity index (χ4n) is 4.07. The van der Waals surface area contributed by atoms with Crippen molar-refractivity contribution in [3.63, 3.8) is 0 Å². The number of hydrogen-bond donors (Lipinski definition) is 0. The number of rotatable bonds is 0. The molecule has 2 nitrogen and oxygen atoms in total. The third kappa shape index (κ3) is 2.50. The monoisotopic (exact) mass is 416 g/mol. The van der Waals surface area contributed by atoms with Crippen LogP contribution in [0.3, 0.4) is 0 Å². The standard InChI is InChI=1S/C25H14Cl2O2/c26-21-13-15-9-11-25(28-23(15)19-7-3-1-5-17(19)21)12-10-16-14-22(27)18-6-2-4-8-20(18)24(16)29-25/h1-14H. The van der Waals surface area contributed by atoms with E-state index in [1.54, 1.807) is 0 Å². The van der Waals surface area contributed by atoms with Gasteiger partial charge in [-0.15, -0.1) is 0 Å². The molecule has 140 valence electrons. The van der Waals surface area contributed by atoms with Crippen molar-refractivity contribution in [2.75, 3.05) is 0 Å². The van der Waals surface area contributed by atoms with Crippen molar-refractivity contribution in [1.29, 1.82) is 0 Å². The number of fused-ring (bicyclic) bond motifs is 6.